The average Bonchev–Trinajstić information content (AvgIpc) is 3.22. The molecular weight excluding hydrogens is 453 g/mol. The van der Waals surface area contributed by atoms with Crippen LogP contribution in [0, 0.1) is 5.82 Å². The highest BCUT2D eigenvalue weighted by Crippen LogP contribution is 2.25. The number of carbonyl (C=O) groups is 3. The number of esters is 1. The van der Waals surface area contributed by atoms with E-state index in [1.165, 1.54) is 23.2 Å². The molecule has 1 aliphatic rings. The summed E-state index contributed by atoms with van der Waals surface area (Å²) in [6.07, 6.45) is 2.22. The molecule has 0 spiro atoms. The lowest BCUT2D eigenvalue weighted by Gasteiger charge is -2.27. The van der Waals surface area contributed by atoms with E-state index in [9.17, 15) is 18.8 Å². The first kappa shape index (κ1) is 26.1. The minimum atomic E-state index is -0.731. The number of nitrogens with zero attached hydrogens (tertiary/aromatic N) is 2. The average molecular weight is 486 g/mol. The molecule has 0 bridgehead atoms. The molecule has 0 saturated carbocycles. The van der Waals surface area contributed by atoms with Crippen molar-refractivity contribution in [3.05, 3.63) is 47.9 Å². The summed E-state index contributed by atoms with van der Waals surface area (Å²) >= 11 is 0. The van der Waals surface area contributed by atoms with Gasteiger partial charge in [-0.1, -0.05) is 6.07 Å². The molecule has 1 aromatic heterocycles. The summed E-state index contributed by atoms with van der Waals surface area (Å²) in [6, 6.07) is 6.87. The number of halogens is 1. The number of hydrogen-bond donors (Lipinski definition) is 1. The van der Waals surface area contributed by atoms with Gasteiger partial charge in [-0.15, -0.1) is 0 Å². The van der Waals surface area contributed by atoms with Gasteiger partial charge in [0.25, 0.3) is 0 Å². The number of likely N-dealkylation sites (tertiary alicyclic amines) is 1. The summed E-state index contributed by atoms with van der Waals surface area (Å²) in [5.74, 6) is -1.47. The third kappa shape index (κ3) is 7.00. The van der Waals surface area contributed by atoms with Crippen LogP contribution in [-0.2, 0) is 14.3 Å². The molecule has 1 aliphatic heterocycles. The highest BCUT2D eigenvalue weighted by atomic mass is 19.1. The Hall–Kier alpha value is -3.49. The van der Waals surface area contributed by atoms with Crippen molar-refractivity contribution in [1.29, 1.82) is 0 Å². The lowest BCUT2D eigenvalue weighted by Crippen LogP contribution is -2.45. The Morgan fingerprint density at radius 3 is 2.23 bits per heavy atom. The van der Waals surface area contributed by atoms with Gasteiger partial charge in [-0.25, -0.2) is 19.0 Å². The van der Waals surface area contributed by atoms with Crippen LogP contribution in [0.4, 0.5) is 15.0 Å². The van der Waals surface area contributed by atoms with Gasteiger partial charge in [-0.05, 0) is 84.2 Å². The van der Waals surface area contributed by atoms with Gasteiger partial charge in [0.05, 0.1) is 5.56 Å². The summed E-state index contributed by atoms with van der Waals surface area (Å²) in [5.41, 5.74) is -0.398. The number of rotatable bonds is 4. The second kappa shape index (κ2) is 10.0. The number of ether oxygens (including phenoxy) is 2. The van der Waals surface area contributed by atoms with Gasteiger partial charge in [-0.2, -0.15) is 0 Å². The van der Waals surface area contributed by atoms with E-state index in [2.05, 4.69) is 10.3 Å². The molecule has 1 aromatic carbocycles. The zero-order valence-electron chi connectivity index (χ0n) is 21.0. The van der Waals surface area contributed by atoms with Crippen LogP contribution in [-0.4, -0.2) is 51.6 Å². The van der Waals surface area contributed by atoms with Crippen LogP contribution >= 0.6 is 0 Å². The highest BCUT2D eigenvalue weighted by molar-refractivity contribution is 5.96. The zero-order chi connectivity index (χ0) is 26.0. The van der Waals surface area contributed by atoms with Crippen LogP contribution in [0.25, 0.3) is 11.1 Å². The first-order chi connectivity index (χ1) is 16.2. The largest absolute Gasteiger partial charge is 0.456 e. The van der Waals surface area contributed by atoms with Gasteiger partial charge < -0.3 is 14.8 Å². The lowest BCUT2D eigenvalue weighted by atomic mass is 10.0. The molecule has 2 heterocycles. The number of benzene rings is 1. The molecule has 35 heavy (non-hydrogen) atoms. The Bertz CT molecular complexity index is 1100. The van der Waals surface area contributed by atoms with E-state index in [1.807, 2.05) is 0 Å². The molecule has 2 aromatic rings. The Balaban J connectivity index is 1.67. The van der Waals surface area contributed by atoms with Crippen LogP contribution in [0.2, 0.25) is 0 Å². The summed E-state index contributed by atoms with van der Waals surface area (Å²) in [5, 5.41) is 2.73. The highest BCUT2D eigenvalue weighted by Gasteiger charge is 2.36. The molecule has 3 rings (SSSR count). The number of pyridine rings is 1. The molecule has 1 fully saturated rings. The Morgan fingerprint density at radius 1 is 1.00 bits per heavy atom. The third-order valence-electron chi connectivity index (χ3n) is 5.12. The second-order valence-corrected chi connectivity index (χ2v) is 10.4. The Labute approximate surface area is 204 Å². The fourth-order valence-electron chi connectivity index (χ4n) is 3.62. The number of carbonyl (C=O) groups excluding carboxylic acids is 3. The van der Waals surface area contributed by atoms with Crippen LogP contribution < -0.4 is 5.32 Å². The van der Waals surface area contributed by atoms with E-state index in [0.717, 1.165) is 0 Å². The molecule has 2 amide bonds. The summed E-state index contributed by atoms with van der Waals surface area (Å²) in [6.45, 7) is 10.9. The van der Waals surface area contributed by atoms with Crippen molar-refractivity contribution in [1.82, 2.24) is 9.88 Å². The van der Waals surface area contributed by atoms with E-state index in [4.69, 9.17) is 9.47 Å². The normalized spacial score (nSPS) is 16.1. The van der Waals surface area contributed by atoms with Gasteiger partial charge in [0, 0.05) is 18.3 Å². The number of amides is 2. The maximum Gasteiger partial charge on any atom is 0.410 e. The molecule has 188 valence electrons. The fourth-order valence-corrected chi connectivity index (χ4v) is 3.62. The zero-order valence-corrected chi connectivity index (χ0v) is 21.0. The number of anilines is 1. The first-order valence-electron chi connectivity index (χ1n) is 11.5. The second-order valence-electron chi connectivity index (χ2n) is 10.4. The molecule has 0 radical (unpaired) electrons. The lowest BCUT2D eigenvalue weighted by molar-refractivity contribution is -0.120. The molecule has 8 nitrogen and oxygen atoms in total. The van der Waals surface area contributed by atoms with Crippen molar-refractivity contribution < 1.29 is 28.2 Å². The van der Waals surface area contributed by atoms with Crippen LogP contribution in [0.3, 0.4) is 0 Å². The predicted octanol–water partition coefficient (Wildman–Crippen LogP) is 5.18. The fraction of sp³-hybridized carbons (Fsp3) is 0.462. The number of aromatic nitrogens is 1. The van der Waals surface area contributed by atoms with Crippen molar-refractivity contribution >= 4 is 23.8 Å². The minimum absolute atomic E-state index is 0.147. The molecule has 9 heteroatoms. The van der Waals surface area contributed by atoms with Gasteiger partial charge in [-0.3, -0.25) is 9.69 Å². The van der Waals surface area contributed by atoms with Crippen molar-refractivity contribution in [2.75, 3.05) is 11.9 Å². The number of hydrogen-bond acceptors (Lipinski definition) is 6. The molecule has 1 N–H and O–H groups in total. The standard InChI is InChI=1S/C26H32FN3O5/c1-25(2,3)34-23(32)18-11-9-16(14-19(18)27)17-10-12-21(28-15-17)29-22(31)20-8-7-13-30(20)24(33)35-26(4,5)6/h9-12,14-15,20H,7-8,13H2,1-6H3,(H,28,29,31)/t20-/m1/s1. The summed E-state index contributed by atoms with van der Waals surface area (Å²) in [4.78, 5) is 43.1. The van der Waals surface area contributed by atoms with Gasteiger partial charge in [0.1, 0.15) is 28.9 Å². The van der Waals surface area contributed by atoms with Gasteiger partial charge in [0.15, 0.2) is 0 Å². The Kier molecular flexibility index (Phi) is 7.47. The maximum atomic E-state index is 14.6. The van der Waals surface area contributed by atoms with Crippen molar-refractivity contribution in [2.24, 2.45) is 0 Å². The van der Waals surface area contributed by atoms with Gasteiger partial charge in [0.2, 0.25) is 5.91 Å². The monoisotopic (exact) mass is 485 g/mol. The van der Waals surface area contributed by atoms with Crippen molar-refractivity contribution in [2.45, 2.75) is 71.6 Å². The van der Waals surface area contributed by atoms with E-state index >= 15 is 0 Å². The van der Waals surface area contributed by atoms with E-state index in [1.54, 1.807) is 59.7 Å². The third-order valence-corrected chi connectivity index (χ3v) is 5.12. The van der Waals surface area contributed by atoms with E-state index < -0.39 is 35.1 Å². The molecule has 1 atom stereocenters. The smallest absolute Gasteiger partial charge is 0.410 e. The van der Waals surface area contributed by atoms with Gasteiger partial charge >= 0.3 is 12.1 Å². The molecule has 0 aliphatic carbocycles. The Morgan fingerprint density at radius 2 is 1.66 bits per heavy atom. The van der Waals surface area contributed by atoms with Crippen molar-refractivity contribution in [3.8, 4) is 11.1 Å². The van der Waals surface area contributed by atoms with Crippen LogP contribution in [0.15, 0.2) is 36.5 Å². The minimum Gasteiger partial charge on any atom is -0.456 e. The van der Waals surface area contributed by atoms with Crippen molar-refractivity contribution in [3.63, 3.8) is 0 Å². The SMILES string of the molecule is CC(C)(C)OC(=O)c1ccc(-c2ccc(NC(=O)[C@H]3CCCN3C(=O)OC(C)(C)C)nc2)cc1F. The van der Waals surface area contributed by atoms with E-state index in [0.29, 0.717) is 36.3 Å². The molecule has 0 unspecified atom stereocenters. The number of nitrogens with one attached hydrogen (secondary N) is 1. The molecular formula is C26H32FN3O5. The first-order valence-corrected chi connectivity index (χ1v) is 11.5. The predicted molar refractivity (Wildman–Crippen MR) is 129 cm³/mol. The summed E-state index contributed by atoms with van der Waals surface area (Å²) < 4.78 is 25.2. The molecule has 1 saturated heterocycles. The summed E-state index contributed by atoms with van der Waals surface area (Å²) in [7, 11) is 0. The van der Waals surface area contributed by atoms with Crippen LogP contribution in [0.1, 0.15) is 64.7 Å². The van der Waals surface area contributed by atoms with Crippen LogP contribution in [0.5, 0.6) is 0 Å². The topological polar surface area (TPSA) is 97.8 Å². The van der Waals surface area contributed by atoms with E-state index in [-0.39, 0.29) is 11.5 Å². The maximum absolute atomic E-state index is 14.6. The quantitative estimate of drug-likeness (QED) is 0.599.